The van der Waals surface area contributed by atoms with E-state index in [1.54, 1.807) is 11.3 Å². The lowest BCUT2D eigenvalue weighted by atomic mass is 10.2. The van der Waals surface area contributed by atoms with Crippen LogP contribution < -0.4 is 0 Å². The summed E-state index contributed by atoms with van der Waals surface area (Å²) in [6, 6.07) is 6.01. The van der Waals surface area contributed by atoms with E-state index in [2.05, 4.69) is 19.6 Å². The number of carbonyl (C=O) groups is 1. The molecular weight excluding hydrogens is 346 g/mol. The molecule has 1 fully saturated rings. The van der Waals surface area contributed by atoms with Gasteiger partial charge < -0.3 is 9.42 Å². The van der Waals surface area contributed by atoms with Crippen LogP contribution >= 0.6 is 22.9 Å². The molecule has 3 aromatic rings. The summed E-state index contributed by atoms with van der Waals surface area (Å²) >= 11 is 2.78. The van der Waals surface area contributed by atoms with Crippen LogP contribution in [0.1, 0.15) is 15.4 Å². The summed E-state index contributed by atoms with van der Waals surface area (Å²) < 4.78 is 9.16. The van der Waals surface area contributed by atoms with Gasteiger partial charge in [-0.1, -0.05) is 15.7 Å². The van der Waals surface area contributed by atoms with Crippen molar-refractivity contribution in [3.8, 4) is 10.6 Å². The Morgan fingerprint density at radius 1 is 1.29 bits per heavy atom. The predicted molar refractivity (Wildman–Crippen MR) is 90.9 cm³/mol. The smallest absolute Gasteiger partial charge is 0.267 e. The molecule has 0 saturated carbocycles. The molecule has 1 saturated heterocycles. The second kappa shape index (κ2) is 6.80. The first kappa shape index (κ1) is 15.4. The van der Waals surface area contributed by atoms with Crippen LogP contribution in [-0.4, -0.2) is 56.6 Å². The summed E-state index contributed by atoms with van der Waals surface area (Å²) in [5.41, 5.74) is 0.921. The van der Waals surface area contributed by atoms with E-state index in [0.29, 0.717) is 18.0 Å². The van der Waals surface area contributed by atoms with E-state index in [0.717, 1.165) is 47.5 Å². The maximum atomic E-state index is 12.3. The molecule has 24 heavy (non-hydrogen) atoms. The summed E-state index contributed by atoms with van der Waals surface area (Å²) in [6.45, 7) is 3.77. The molecule has 124 valence electrons. The molecule has 7 nitrogen and oxygen atoms in total. The molecule has 0 spiro atoms. The van der Waals surface area contributed by atoms with Crippen molar-refractivity contribution in [3.05, 3.63) is 40.3 Å². The molecule has 0 atom stereocenters. The minimum Gasteiger partial charge on any atom is -0.355 e. The van der Waals surface area contributed by atoms with E-state index < -0.39 is 0 Å². The van der Waals surface area contributed by atoms with Crippen molar-refractivity contribution < 1.29 is 9.32 Å². The molecule has 4 heterocycles. The molecule has 9 heteroatoms. The van der Waals surface area contributed by atoms with E-state index in [1.807, 2.05) is 28.5 Å². The third-order valence-electron chi connectivity index (χ3n) is 3.94. The number of carbonyl (C=O) groups excluding carboxylic acids is 1. The summed E-state index contributed by atoms with van der Waals surface area (Å²) in [6.07, 6.45) is 1.53. The van der Waals surface area contributed by atoms with E-state index in [1.165, 1.54) is 6.20 Å². The second-order valence-electron chi connectivity index (χ2n) is 5.51. The Balaban J connectivity index is 1.33. The Morgan fingerprint density at radius 2 is 2.17 bits per heavy atom. The van der Waals surface area contributed by atoms with Crippen molar-refractivity contribution in [3.63, 3.8) is 0 Å². The molecule has 0 unspecified atom stereocenters. The highest BCUT2D eigenvalue weighted by atomic mass is 32.1. The van der Waals surface area contributed by atoms with Gasteiger partial charge in [0.15, 0.2) is 5.76 Å². The number of hydrogen-bond donors (Lipinski definition) is 0. The molecule has 1 amide bonds. The van der Waals surface area contributed by atoms with Gasteiger partial charge in [-0.05, 0) is 23.0 Å². The molecule has 4 rings (SSSR count). The van der Waals surface area contributed by atoms with E-state index >= 15 is 0 Å². The molecule has 1 aliphatic rings. The van der Waals surface area contributed by atoms with Gasteiger partial charge in [-0.3, -0.25) is 9.69 Å². The molecule has 0 radical (unpaired) electrons. The summed E-state index contributed by atoms with van der Waals surface area (Å²) in [5.74, 6) is 0.831. The molecule has 3 aromatic heterocycles. The Kier molecular flexibility index (Phi) is 4.37. The quantitative estimate of drug-likeness (QED) is 0.709. The van der Waals surface area contributed by atoms with Crippen molar-refractivity contribution in [2.75, 3.05) is 26.2 Å². The first-order valence-corrected chi connectivity index (χ1v) is 9.23. The van der Waals surface area contributed by atoms with Gasteiger partial charge in [0.25, 0.3) is 5.91 Å². The van der Waals surface area contributed by atoms with Crippen LogP contribution in [0, 0.1) is 0 Å². The van der Waals surface area contributed by atoms with Gasteiger partial charge in [-0.15, -0.1) is 16.4 Å². The van der Waals surface area contributed by atoms with Crippen molar-refractivity contribution in [2.45, 2.75) is 6.54 Å². The average molecular weight is 361 g/mol. The normalized spacial score (nSPS) is 15.8. The van der Waals surface area contributed by atoms with Gasteiger partial charge in [0.2, 0.25) is 0 Å². The lowest BCUT2D eigenvalue weighted by molar-refractivity contribution is 0.0630. The number of aromatic nitrogens is 3. The predicted octanol–water partition coefficient (Wildman–Crippen LogP) is 2.21. The van der Waals surface area contributed by atoms with Crippen molar-refractivity contribution >= 4 is 28.8 Å². The second-order valence-corrected chi connectivity index (χ2v) is 7.24. The highest BCUT2D eigenvalue weighted by molar-refractivity contribution is 7.13. The van der Waals surface area contributed by atoms with E-state index in [-0.39, 0.29) is 5.91 Å². The number of piperazine rings is 1. The molecule has 0 aromatic carbocycles. The third-order valence-corrected chi connectivity index (χ3v) is 5.48. The number of nitrogens with zero attached hydrogens (tertiary/aromatic N) is 5. The summed E-state index contributed by atoms with van der Waals surface area (Å²) in [5, 5.41) is 9.90. The molecular formula is C15H15N5O2S2. The maximum Gasteiger partial charge on any atom is 0.267 e. The van der Waals surface area contributed by atoms with Crippen molar-refractivity contribution in [1.82, 2.24) is 24.5 Å². The first-order valence-electron chi connectivity index (χ1n) is 7.58. The van der Waals surface area contributed by atoms with Gasteiger partial charge in [-0.2, -0.15) is 0 Å². The van der Waals surface area contributed by atoms with Crippen molar-refractivity contribution in [2.24, 2.45) is 0 Å². The third kappa shape index (κ3) is 3.23. The maximum absolute atomic E-state index is 12.3. The fraction of sp³-hybridized carbons (Fsp3) is 0.333. The van der Waals surface area contributed by atoms with Gasteiger partial charge in [0.1, 0.15) is 4.88 Å². The van der Waals surface area contributed by atoms with Crippen LogP contribution in [0.5, 0.6) is 0 Å². The van der Waals surface area contributed by atoms with Crippen LogP contribution in [0.25, 0.3) is 10.6 Å². The molecule has 0 aliphatic carbocycles. The highest BCUT2D eigenvalue weighted by Crippen LogP contribution is 2.25. The zero-order valence-corrected chi connectivity index (χ0v) is 14.4. The van der Waals surface area contributed by atoms with Gasteiger partial charge in [0, 0.05) is 38.8 Å². The fourth-order valence-electron chi connectivity index (χ4n) is 2.68. The number of thiophene rings is 1. The largest absolute Gasteiger partial charge is 0.355 e. The Hall–Kier alpha value is -2.10. The van der Waals surface area contributed by atoms with Crippen LogP contribution in [0.4, 0.5) is 0 Å². The zero-order valence-electron chi connectivity index (χ0n) is 12.8. The molecule has 0 bridgehead atoms. The van der Waals surface area contributed by atoms with Crippen LogP contribution in [0.15, 0.2) is 34.3 Å². The lowest BCUT2D eigenvalue weighted by Crippen LogP contribution is -2.48. The van der Waals surface area contributed by atoms with Gasteiger partial charge in [-0.25, -0.2) is 0 Å². The first-order chi connectivity index (χ1) is 11.8. The number of rotatable bonds is 4. The minimum atomic E-state index is 0.0195. The minimum absolute atomic E-state index is 0.0195. The SMILES string of the molecule is O=C(c1cnns1)N1CCN(Cc2cc(-c3cccs3)on2)CC1. The fourth-order valence-corrected chi connectivity index (χ4v) is 3.83. The average Bonchev–Trinajstić information content (AvgIpc) is 3.36. The van der Waals surface area contributed by atoms with Gasteiger partial charge in [0.05, 0.1) is 16.8 Å². The molecule has 0 N–H and O–H groups in total. The number of hydrogen-bond acceptors (Lipinski definition) is 8. The number of amides is 1. The summed E-state index contributed by atoms with van der Waals surface area (Å²) in [4.78, 5) is 18.1. The van der Waals surface area contributed by atoms with Crippen LogP contribution in [-0.2, 0) is 6.54 Å². The lowest BCUT2D eigenvalue weighted by Gasteiger charge is -2.33. The summed E-state index contributed by atoms with van der Waals surface area (Å²) in [7, 11) is 0. The highest BCUT2D eigenvalue weighted by Gasteiger charge is 2.24. The topological polar surface area (TPSA) is 75.4 Å². The van der Waals surface area contributed by atoms with Crippen molar-refractivity contribution in [1.29, 1.82) is 0 Å². The van der Waals surface area contributed by atoms with Crippen LogP contribution in [0.3, 0.4) is 0 Å². The Labute approximate surface area is 146 Å². The van der Waals surface area contributed by atoms with E-state index in [9.17, 15) is 4.79 Å². The standard InChI is InChI=1S/C15H15N5O2S2/c21-15(14-9-16-18-24-14)20-5-3-19(4-6-20)10-11-8-12(22-17-11)13-2-1-7-23-13/h1-2,7-9H,3-6,10H2. The molecule has 1 aliphatic heterocycles. The monoisotopic (exact) mass is 361 g/mol. The van der Waals surface area contributed by atoms with E-state index in [4.69, 9.17) is 4.52 Å². The Morgan fingerprint density at radius 3 is 2.88 bits per heavy atom. The van der Waals surface area contributed by atoms with Crippen LogP contribution in [0.2, 0.25) is 0 Å². The van der Waals surface area contributed by atoms with Gasteiger partial charge >= 0.3 is 0 Å². The zero-order chi connectivity index (χ0) is 16.4. The Bertz CT molecular complexity index is 792.